The van der Waals surface area contributed by atoms with E-state index in [4.69, 9.17) is 0 Å². The van der Waals surface area contributed by atoms with Crippen molar-refractivity contribution in [1.82, 2.24) is 10.2 Å². The Hall–Kier alpha value is -0.570. The Morgan fingerprint density at radius 1 is 1.12 bits per heavy atom. The molecule has 0 aliphatic carbocycles. The van der Waals surface area contributed by atoms with Crippen LogP contribution in [-0.4, -0.2) is 36.0 Å². The zero-order chi connectivity index (χ0) is 13.1. The largest absolute Gasteiger partial charge is 0.342 e. The molecule has 1 amide bonds. The fourth-order valence-electron chi connectivity index (χ4n) is 2.78. The number of amides is 1. The Balaban J connectivity index is 2.35. The predicted molar refractivity (Wildman–Crippen MR) is 72.0 cm³/mol. The van der Waals surface area contributed by atoms with Gasteiger partial charge in [-0.25, -0.2) is 0 Å². The molecule has 0 unspecified atom stereocenters. The Bertz CT molecular complexity index is 260. The maximum atomic E-state index is 11.9. The van der Waals surface area contributed by atoms with E-state index in [0.29, 0.717) is 6.54 Å². The van der Waals surface area contributed by atoms with Gasteiger partial charge in [0.15, 0.2) is 0 Å². The molecule has 0 atom stereocenters. The fraction of sp³-hybridized carbons (Fsp3) is 0.929. The third kappa shape index (κ3) is 5.53. The molecule has 1 N–H and O–H groups in total. The molecule has 1 fully saturated rings. The third-order valence-corrected chi connectivity index (χ3v) is 3.15. The van der Waals surface area contributed by atoms with Crippen molar-refractivity contribution in [1.29, 1.82) is 0 Å². The third-order valence-electron chi connectivity index (χ3n) is 3.15. The minimum atomic E-state index is 0.0215. The number of hydrogen-bond acceptors (Lipinski definition) is 2. The minimum absolute atomic E-state index is 0.0215. The SMILES string of the molecule is CC(C)(C)CC(C)(C)NCC(=O)N1CCCC1. The molecule has 0 aromatic rings. The lowest BCUT2D eigenvalue weighted by atomic mass is 9.82. The van der Waals surface area contributed by atoms with Crippen LogP contribution >= 0.6 is 0 Å². The molecule has 0 radical (unpaired) electrons. The van der Waals surface area contributed by atoms with Gasteiger partial charge in [0.05, 0.1) is 6.54 Å². The first-order valence-corrected chi connectivity index (χ1v) is 6.72. The Morgan fingerprint density at radius 2 is 1.65 bits per heavy atom. The zero-order valence-electron chi connectivity index (χ0n) is 12.1. The van der Waals surface area contributed by atoms with E-state index in [0.717, 1.165) is 32.4 Å². The monoisotopic (exact) mass is 240 g/mol. The Labute approximate surface area is 106 Å². The summed E-state index contributed by atoms with van der Waals surface area (Å²) in [5, 5.41) is 3.40. The van der Waals surface area contributed by atoms with Crippen molar-refractivity contribution < 1.29 is 4.79 Å². The van der Waals surface area contributed by atoms with Crippen LogP contribution in [0.2, 0.25) is 0 Å². The highest BCUT2D eigenvalue weighted by atomic mass is 16.2. The van der Waals surface area contributed by atoms with Crippen LogP contribution in [0.25, 0.3) is 0 Å². The van der Waals surface area contributed by atoms with Gasteiger partial charge in [0, 0.05) is 18.6 Å². The van der Waals surface area contributed by atoms with Crippen LogP contribution in [0.5, 0.6) is 0 Å². The second kappa shape index (κ2) is 5.38. The summed E-state index contributed by atoms with van der Waals surface area (Å²) in [6.45, 7) is 13.4. The Morgan fingerprint density at radius 3 is 2.12 bits per heavy atom. The fourth-order valence-corrected chi connectivity index (χ4v) is 2.78. The minimum Gasteiger partial charge on any atom is -0.342 e. The quantitative estimate of drug-likeness (QED) is 0.818. The second-order valence-electron chi connectivity index (χ2n) is 7.06. The first-order valence-electron chi connectivity index (χ1n) is 6.72. The van der Waals surface area contributed by atoms with Crippen molar-refractivity contribution in [3.63, 3.8) is 0 Å². The summed E-state index contributed by atoms with van der Waals surface area (Å²) in [5.74, 6) is 0.254. The maximum Gasteiger partial charge on any atom is 0.236 e. The van der Waals surface area contributed by atoms with Crippen molar-refractivity contribution in [2.75, 3.05) is 19.6 Å². The van der Waals surface area contributed by atoms with Crippen LogP contribution in [0.1, 0.15) is 53.9 Å². The maximum absolute atomic E-state index is 11.9. The summed E-state index contributed by atoms with van der Waals surface area (Å²) >= 11 is 0. The molecule has 1 heterocycles. The van der Waals surface area contributed by atoms with Gasteiger partial charge in [0.25, 0.3) is 0 Å². The van der Waals surface area contributed by atoms with Crippen LogP contribution < -0.4 is 5.32 Å². The number of carbonyl (C=O) groups is 1. The molecule has 0 bridgehead atoms. The highest BCUT2D eigenvalue weighted by Gasteiger charge is 2.26. The Kier molecular flexibility index (Phi) is 4.59. The zero-order valence-corrected chi connectivity index (χ0v) is 12.1. The van der Waals surface area contributed by atoms with Gasteiger partial charge < -0.3 is 10.2 Å². The van der Waals surface area contributed by atoms with Gasteiger partial charge in [-0.1, -0.05) is 20.8 Å². The van der Waals surface area contributed by atoms with Crippen LogP contribution in [0.15, 0.2) is 0 Å². The molecule has 1 aliphatic rings. The van der Waals surface area contributed by atoms with Crippen LogP contribution in [-0.2, 0) is 4.79 Å². The normalized spacial score (nSPS) is 17.6. The van der Waals surface area contributed by atoms with Crippen molar-refractivity contribution in [3.8, 4) is 0 Å². The predicted octanol–water partition coefficient (Wildman–Crippen LogP) is 2.41. The lowest BCUT2D eigenvalue weighted by Gasteiger charge is -2.33. The van der Waals surface area contributed by atoms with Gasteiger partial charge >= 0.3 is 0 Å². The van der Waals surface area contributed by atoms with Crippen LogP contribution in [0, 0.1) is 5.41 Å². The van der Waals surface area contributed by atoms with E-state index < -0.39 is 0 Å². The molecule has 3 heteroatoms. The van der Waals surface area contributed by atoms with E-state index in [1.165, 1.54) is 0 Å². The van der Waals surface area contributed by atoms with Gasteiger partial charge in [-0.3, -0.25) is 4.79 Å². The van der Waals surface area contributed by atoms with Gasteiger partial charge in [-0.15, -0.1) is 0 Å². The van der Waals surface area contributed by atoms with Crippen molar-refractivity contribution in [2.24, 2.45) is 5.41 Å². The molecule has 0 aromatic carbocycles. The molecule has 1 rings (SSSR count). The number of hydrogen-bond donors (Lipinski definition) is 1. The molecule has 3 nitrogen and oxygen atoms in total. The summed E-state index contributed by atoms with van der Waals surface area (Å²) < 4.78 is 0. The van der Waals surface area contributed by atoms with E-state index in [1.54, 1.807) is 0 Å². The lowest BCUT2D eigenvalue weighted by molar-refractivity contribution is -0.129. The van der Waals surface area contributed by atoms with Crippen LogP contribution in [0.3, 0.4) is 0 Å². The molecule has 0 saturated carbocycles. The van der Waals surface area contributed by atoms with E-state index in [-0.39, 0.29) is 16.9 Å². The topological polar surface area (TPSA) is 32.3 Å². The van der Waals surface area contributed by atoms with E-state index in [9.17, 15) is 4.79 Å². The average molecular weight is 240 g/mol. The van der Waals surface area contributed by atoms with E-state index >= 15 is 0 Å². The van der Waals surface area contributed by atoms with Gasteiger partial charge in [0.1, 0.15) is 0 Å². The van der Waals surface area contributed by atoms with Gasteiger partial charge in [0.2, 0.25) is 5.91 Å². The highest BCUT2D eigenvalue weighted by Crippen LogP contribution is 2.26. The number of nitrogens with one attached hydrogen (secondary N) is 1. The molecule has 100 valence electrons. The average Bonchev–Trinajstić information content (AvgIpc) is 2.63. The first kappa shape index (κ1) is 14.5. The van der Waals surface area contributed by atoms with E-state index in [1.807, 2.05) is 4.90 Å². The highest BCUT2D eigenvalue weighted by molar-refractivity contribution is 5.78. The summed E-state index contributed by atoms with van der Waals surface area (Å²) in [7, 11) is 0. The molecule has 0 aromatic heterocycles. The van der Waals surface area contributed by atoms with Crippen molar-refractivity contribution in [3.05, 3.63) is 0 Å². The summed E-state index contributed by atoms with van der Waals surface area (Å²) in [5.41, 5.74) is 0.306. The molecule has 1 saturated heterocycles. The van der Waals surface area contributed by atoms with Crippen molar-refractivity contribution >= 4 is 5.91 Å². The van der Waals surface area contributed by atoms with Gasteiger partial charge in [-0.2, -0.15) is 0 Å². The summed E-state index contributed by atoms with van der Waals surface area (Å²) in [6, 6.07) is 0. The molecule has 0 spiro atoms. The van der Waals surface area contributed by atoms with E-state index in [2.05, 4.69) is 39.9 Å². The summed E-state index contributed by atoms with van der Waals surface area (Å²) in [4.78, 5) is 13.9. The standard InChI is InChI=1S/C14H28N2O/c1-13(2,3)11-14(4,5)15-10-12(17)16-8-6-7-9-16/h15H,6-11H2,1-5H3. The molecular formula is C14H28N2O. The smallest absolute Gasteiger partial charge is 0.236 e. The van der Waals surface area contributed by atoms with Crippen LogP contribution in [0.4, 0.5) is 0 Å². The van der Waals surface area contributed by atoms with Crippen molar-refractivity contribution in [2.45, 2.75) is 59.4 Å². The van der Waals surface area contributed by atoms with Gasteiger partial charge in [-0.05, 0) is 38.5 Å². The molecular weight excluding hydrogens is 212 g/mol. The lowest BCUT2D eigenvalue weighted by Crippen LogP contribution is -2.47. The molecule has 17 heavy (non-hydrogen) atoms. The number of carbonyl (C=O) groups excluding carboxylic acids is 1. The summed E-state index contributed by atoms with van der Waals surface area (Å²) in [6.07, 6.45) is 3.39. The number of likely N-dealkylation sites (tertiary alicyclic amines) is 1. The first-order chi connectivity index (χ1) is 7.70. The number of rotatable bonds is 4. The number of nitrogens with zero attached hydrogens (tertiary/aromatic N) is 1. The second-order valence-corrected chi connectivity index (χ2v) is 7.06. The molecule has 1 aliphatic heterocycles.